The number of hydrogen-bond acceptors (Lipinski definition) is 8. The Morgan fingerprint density at radius 3 is 2.25 bits per heavy atom. The van der Waals surface area contributed by atoms with Crippen LogP contribution in [0.5, 0.6) is 0 Å². The number of urea groups is 1. The van der Waals surface area contributed by atoms with E-state index in [1.54, 1.807) is 0 Å². The van der Waals surface area contributed by atoms with Crippen molar-refractivity contribution in [3.8, 4) is 0 Å². The quantitative estimate of drug-likeness (QED) is 0.109. The van der Waals surface area contributed by atoms with Gasteiger partial charge in [-0.25, -0.2) is 13.2 Å². The minimum absolute atomic E-state index is 0.00364. The van der Waals surface area contributed by atoms with Crippen LogP contribution in [0.1, 0.15) is 105 Å². The molecule has 5 fully saturated rings. The van der Waals surface area contributed by atoms with E-state index in [0.29, 0.717) is 38.5 Å². The number of rotatable bonds is 13. The number of unbranched alkanes of at least 4 members (excludes halogenated alkanes) is 1. The van der Waals surface area contributed by atoms with Crippen molar-refractivity contribution in [2.75, 3.05) is 12.3 Å². The van der Waals surface area contributed by atoms with Crippen LogP contribution >= 0.6 is 23.2 Å². The van der Waals surface area contributed by atoms with Gasteiger partial charge in [-0.1, -0.05) is 59.8 Å². The standard InChI is InChI=1S/C33H53Cl2N5O7S/c1-5-6-11-21(25(41)28(43)36-19-13-14-19)37-27(42)24-23-20(33(23,34)35)18-40(24)29(44)26(31(2,3)4)38-30(45)39-32(15-8-7-9-16-32)22-12-10-17-48(22,46)47/h19-24,26-27,37,42H,5-18H2,1-4H3,(H,36,43)(H2,38,39,45)/t20?,21-,22?,23?,24-,26+,27?/m0/s1. The maximum atomic E-state index is 14.4. The second kappa shape index (κ2) is 14.2. The summed E-state index contributed by atoms with van der Waals surface area (Å²) in [6, 6.07) is -3.57. The first-order valence-corrected chi connectivity index (χ1v) is 20.2. The molecule has 4 unspecified atom stereocenters. The number of Topliss-reactive ketones (excluding diaryl/α,β-unsaturated/α-hetero) is 1. The number of carbonyl (C=O) groups excluding carboxylic acids is 4. The van der Waals surface area contributed by atoms with Crippen LogP contribution in [0.25, 0.3) is 0 Å². The van der Waals surface area contributed by atoms with Crippen LogP contribution in [-0.2, 0) is 24.2 Å². The number of likely N-dealkylation sites (tertiary alicyclic amines) is 1. The van der Waals surface area contributed by atoms with Crippen molar-refractivity contribution in [3.63, 3.8) is 0 Å². The molecule has 5 aliphatic rings. The number of aliphatic hydroxyl groups is 1. The number of alkyl halides is 2. The van der Waals surface area contributed by atoms with Gasteiger partial charge in [0.05, 0.1) is 28.6 Å². The summed E-state index contributed by atoms with van der Waals surface area (Å²) in [6.45, 7) is 7.55. The highest BCUT2D eigenvalue weighted by molar-refractivity contribution is 7.92. The maximum Gasteiger partial charge on any atom is 0.315 e. The van der Waals surface area contributed by atoms with Gasteiger partial charge in [-0.05, 0) is 50.4 Å². The summed E-state index contributed by atoms with van der Waals surface area (Å²) in [5, 5.41) is 22.5. The third kappa shape index (κ3) is 7.80. The van der Waals surface area contributed by atoms with Crippen molar-refractivity contribution in [1.82, 2.24) is 26.2 Å². The molecule has 4 amide bonds. The van der Waals surface area contributed by atoms with Crippen LogP contribution in [0.4, 0.5) is 4.79 Å². The Balaban J connectivity index is 1.34. The molecule has 2 aliphatic heterocycles. The molecule has 5 rings (SSSR count). The summed E-state index contributed by atoms with van der Waals surface area (Å²) in [5.74, 6) is -2.54. The van der Waals surface area contributed by atoms with E-state index in [-0.39, 0.29) is 24.3 Å². The molecular formula is C33H53Cl2N5O7S. The summed E-state index contributed by atoms with van der Waals surface area (Å²) in [4.78, 5) is 55.5. The molecule has 0 bridgehead atoms. The van der Waals surface area contributed by atoms with E-state index >= 15 is 0 Å². The van der Waals surface area contributed by atoms with Gasteiger partial charge in [0.15, 0.2) is 9.84 Å². The number of ketones is 1. The Morgan fingerprint density at radius 2 is 1.69 bits per heavy atom. The zero-order chi connectivity index (χ0) is 35.2. The van der Waals surface area contributed by atoms with Crippen molar-refractivity contribution < 1.29 is 32.7 Å². The fourth-order valence-corrected chi connectivity index (χ4v) is 11.4. The molecular weight excluding hydrogens is 681 g/mol. The van der Waals surface area contributed by atoms with Gasteiger partial charge in [0, 0.05) is 24.4 Å². The SMILES string of the molecule is CCCC[C@H](NC(O)[C@@H]1C2C(CN1C(=O)[C@@H](NC(=O)NC1(C3CCCS3(=O)=O)CCCCC1)C(C)(C)C)C2(Cl)Cl)C(=O)C(=O)NC1CC1. The first-order chi connectivity index (χ1) is 22.4. The van der Waals surface area contributed by atoms with Gasteiger partial charge in [-0.15, -0.1) is 23.2 Å². The van der Waals surface area contributed by atoms with E-state index in [2.05, 4.69) is 21.3 Å². The molecule has 3 aliphatic carbocycles. The van der Waals surface area contributed by atoms with Gasteiger partial charge in [-0.3, -0.25) is 19.7 Å². The van der Waals surface area contributed by atoms with E-state index in [0.717, 1.165) is 38.5 Å². The fraction of sp³-hybridized carbons (Fsp3) is 0.879. The molecule has 5 N–H and O–H groups in total. The Kier molecular flexibility index (Phi) is 11.1. The summed E-state index contributed by atoms with van der Waals surface area (Å²) < 4.78 is 24.9. The molecule has 0 aromatic carbocycles. The number of nitrogens with zero attached hydrogens (tertiary/aromatic N) is 1. The highest BCUT2D eigenvalue weighted by Gasteiger charge is 2.73. The minimum Gasteiger partial charge on any atom is -0.376 e. The number of carbonyl (C=O) groups is 4. The number of piperidine rings is 1. The van der Waals surface area contributed by atoms with Crippen LogP contribution in [0.15, 0.2) is 0 Å². The van der Waals surface area contributed by atoms with Crippen LogP contribution in [0, 0.1) is 17.3 Å². The summed E-state index contributed by atoms with van der Waals surface area (Å²) >= 11 is 13.2. The summed E-state index contributed by atoms with van der Waals surface area (Å²) in [6.07, 6.45) is 6.68. The van der Waals surface area contributed by atoms with Gasteiger partial charge >= 0.3 is 6.03 Å². The third-order valence-electron chi connectivity index (χ3n) is 11.1. The van der Waals surface area contributed by atoms with Crippen molar-refractivity contribution >= 4 is 56.7 Å². The molecule has 0 aromatic rings. The number of aliphatic hydroxyl groups excluding tert-OH is 1. The monoisotopic (exact) mass is 733 g/mol. The largest absolute Gasteiger partial charge is 0.376 e. The average Bonchev–Trinajstić information content (AvgIpc) is 3.79. The van der Waals surface area contributed by atoms with E-state index in [1.165, 1.54) is 4.90 Å². The lowest BCUT2D eigenvalue weighted by Gasteiger charge is -2.43. The van der Waals surface area contributed by atoms with E-state index in [1.807, 2.05) is 27.7 Å². The predicted octanol–water partition coefficient (Wildman–Crippen LogP) is 2.93. The third-order valence-corrected chi connectivity index (χ3v) is 14.6. The van der Waals surface area contributed by atoms with Gasteiger partial charge < -0.3 is 26.0 Å². The van der Waals surface area contributed by atoms with E-state index < -0.39 is 84.3 Å². The Bertz CT molecular complexity index is 1360. The highest BCUT2D eigenvalue weighted by Crippen LogP contribution is 2.65. The lowest BCUT2D eigenvalue weighted by atomic mass is 9.78. The molecule has 7 atom stereocenters. The predicted molar refractivity (Wildman–Crippen MR) is 183 cm³/mol. The van der Waals surface area contributed by atoms with Gasteiger partial charge in [0.1, 0.15) is 16.6 Å². The number of amides is 4. The topological polar surface area (TPSA) is 174 Å². The van der Waals surface area contributed by atoms with Gasteiger partial charge in [-0.2, -0.15) is 0 Å². The van der Waals surface area contributed by atoms with Crippen LogP contribution in [0.2, 0.25) is 0 Å². The fourth-order valence-electron chi connectivity index (χ4n) is 8.22. The Morgan fingerprint density at radius 1 is 1.02 bits per heavy atom. The summed E-state index contributed by atoms with van der Waals surface area (Å²) in [5.41, 5.74) is -1.67. The molecule has 2 saturated heterocycles. The zero-order valence-corrected chi connectivity index (χ0v) is 30.9. The molecule has 12 nitrogen and oxygen atoms in total. The smallest absolute Gasteiger partial charge is 0.315 e. The second-order valence-corrected chi connectivity index (χ2v) is 19.6. The molecule has 0 aromatic heterocycles. The zero-order valence-electron chi connectivity index (χ0n) is 28.5. The second-order valence-electron chi connectivity index (χ2n) is 15.8. The first-order valence-electron chi connectivity index (χ1n) is 17.7. The average molecular weight is 735 g/mol. The summed E-state index contributed by atoms with van der Waals surface area (Å²) in [7, 11) is -3.36. The lowest BCUT2D eigenvalue weighted by Crippen LogP contribution is -2.65. The molecule has 48 heavy (non-hydrogen) atoms. The van der Waals surface area contributed by atoms with E-state index in [9.17, 15) is 32.7 Å². The maximum absolute atomic E-state index is 14.4. The van der Waals surface area contributed by atoms with Crippen LogP contribution < -0.4 is 21.3 Å². The van der Waals surface area contributed by atoms with Crippen molar-refractivity contribution in [2.45, 2.75) is 150 Å². The Hall–Kier alpha value is -1.67. The number of nitrogens with one attached hydrogen (secondary N) is 4. The number of sulfone groups is 1. The number of halogens is 2. The lowest BCUT2D eigenvalue weighted by molar-refractivity contribution is -0.142. The molecule has 0 spiro atoms. The van der Waals surface area contributed by atoms with Crippen LogP contribution in [0.3, 0.4) is 0 Å². The molecule has 3 saturated carbocycles. The number of fused-ring (bicyclic) bond motifs is 1. The van der Waals surface area contributed by atoms with Crippen LogP contribution in [-0.4, -0.2) is 99.9 Å². The Labute approximate surface area is 294 Å². The minimum atomic E-state index is -3.36. The molecule has 0 radical (unpaired) electrons. The van der Waals surface area contributed by atoms with Crippen molar-refractivity contribution in [2.24, 2.45) is 17.3 Å². The van der Waals surface area contributed by atoms with Crippen molar-refractivity contribution in [1.29, 1.82) is 0 Å². The van der Waals surface area contributed by atoms with Gasteiger partial charge in [0.25, 0.3) is 5.91 Å². The molecule has 272 valence electrons. The molecule has 15 heteroatoms. The number of hydrogen-bond donors (Lipinski definition) is 5. The van der Waals surface area contributed by atoms with E-state index in [4.69, 9.17) is 23.2 Å². The first kappa shape index (κ1) is 37.6. The highest BCUT2D eigenvalue weighted by atomic mass is 35.5. The normalized spacial score (nSPS) is 30.4. The van der Waals surface area contributed by atoms with Gasteiger partial charge in [0.2, 0.25) is 11.7 Å². The van der Waals surface area contributed by atoms with Crippen molar-refractivity contribution in [3.05, 3.63) is 0 Å². The molecule has 2 heterocycles.